The Bertz CT molecular complexity index is 699. The average molecular weight is 304 g/mol. The highest BCUT2D eigenvalue weighted by Crippen LogP contribution is 2.11. The molecule has 1 saturated heterocycles. The number of benzene rings is 1. The molecule has 7 heteroatoms. The summed E-state index contributed by atoms with van der Waals surface area (Å²) < 4.78 is 7.05. The van der Waals surface area contributed by atoms with Crippen molar-refractivity contribution >= 4 is 17.4 Å². The van der Waals surface area contributed by atoms with Crippen LogP contribution in [0.2, 0.25) is 0 Å². The number of ether oxygens (including phenoxy) is 1. The Morgan fingerprint density at radius 1 is 1.29 bits per heavy atom. The number of rotatable bonds is 2. The number of carbonyl (C=O) groups is 1. The van der Waals surface area contributed by atoms with Crippen LogP contribution in [0.5, 0.6) is 0 Å². The largest absolute Gasteiger partial charge is 0.378 e. The third-order valence-corrected chi connectivity index (χ3v) is 4.18. The quantitative estimate of drug-likeness (QED) is 0.906. The molecule has 0 atom stereocenters. The maximum absolute atomic E-state index is 12.4. The summed E-state index contributed by atoms with van der Waals surface area (Å²) in [6.45, 7) is 4.21. The fraction of sp³-hybridized carbons (Fsp3) is 0.357. The second-order valence-electron chi connectivity index (χ2n) is 4.88. The molecule has 21 heavy (non-hydrogen) atoms. The van der Waals surface area contributed by atoms with Gasteiger partial charge in [0.25, 0.3) is 5.91 Å². The highest BCUT2D eigenvalue weighted by molar-refractivity contribution is 7.04. The van der Waals surface area contributed by atoms with Crippen molar-refractivity contribution in [2.24, 2.45) is 0 Å². The van der Waals surface area contributed by atoms with Gasteiger partial charge in [0.15, 0.2) is 10.4 Å². The van der Waals surface area contributed by atoms with Gasteiger partial charge in [-0.2, -0.15) is 4.07 Å². The Hall–Kier alpha value is -1.99. The molecule has 1 aliphatic rings. The Morgan fingerprint density at radius 3 is 2.62 bits per heavy atom. The van der Waals surface area contributed by atoms with Crippen LogP contribution >= 0.6 is 11.5 Å². The molecule has 2 aromatic rings. The molecular formula is C14H16N4O2S. The summed E-state index contributed by atoms with van der Waals surface area (Å²) in [5, 5.41) is 12.3. The number of aryl methyl sites for hydroxylation is 1. The van der Waals surface area contributed by atoms with E-state index in [1.165, 1.54) is 0 Å². The molecule has 0 bridgehead atoms. The molecule has 1 N–H and O–H groups in total. The lowest BCUT2D eigenvalue weighted by molar-refractivity contribution is 0.0297. The van der Waals surface area contributed by atoms with Gasteiger partial charge in [0.1, 0.15) is 0 Å². The zero-order valence-electron chi connectivity index (χ0n) is 11.7. The van der Waals surface area contributed by atoms with Gasteiger partial charge in [0.2, 0.25) is 0 Å². The van der Waals surface area contributed by atoms with Gasteiger partial charge in [-0.15, -0.1) is 5.10 Å². The topological polar surface area (TPSA) is 71.2 Å². The summed E-state index contributed by atoms with van der Waals surface area (Å²) in [7, 11) is 0. The molecule has 0 radical (unpaired) electrons. The smallest absolute Gasteiger partial charge is 0.277 e. The minimum absolute atomic E-state index is 0.187. The maximum atomic E-state index is 12.4. The van der Waals surface area contributed by atoms with E-state index in [1.807, 2.05) is 31.2 Å². The summed E-state index contributed by atoms with van der Waals surface area (Å²) in [4.78, 5) is 14.1. The van der Waals surface area contributed by atoms with E-state index in [2.05, 4.69) is 5.10 Å². The van der Waals surface area contributed by atoms with E-state index in [4.69, 9.17) is 10.1 Å². The predicted octanol–water partition coefficient (Wildman–Crippen LogP) is 1.19. The number of hydrogen-bond acceptors (Lipinski definition) is 5. The molecule has 1 amide bonds. The van der Waals surface area contributed by atoms with E-state index < -0.39 is 0 Å². The number of hydrogen-bond donors (Lipinski definition) is 1. The van der Waals surface area contributed by atoms with Crippen LogP contribution in [-0.4, -0.2) is 46.3 Å². The zero-order valence-corrected chi connectivity index (χ0v) is 12.5. The molecule has 1 fully saturated rings. The van der Waals surface area contributed by atoms with Crippen LogP contribution in [0.25, 0.3) is 5.69 Å². The Balaban J connectivity index is 1.88. The van der Waals surface area contributed by atoms with E-state index >= 15 is 0 Å². The maximum Gasteiger partial charge on any atom is 0.277 e. The molecule has 1 aromatic heterocycles. The number of amides is 1. The molecule has 0 spiro atoms. The predicted molar refractivity (Wildman–Crippen MR) is 78.8 cm³/mol. The third-order valence-electron chi connectivity index (χ3n) is 3.34. The number of morpholine rings is 1. The molecule has 1 aromatic carbocycles. The van der Waals surface area contributed by atoms with Gasteiger partial charge in [0.05, 0.1) is 18.9 Å². The highest BCUT2D eigenvalue weighted by Gasteiger charge is 2.23. The first-order chi connectivity index (χ1) is 10.1. The molecule has 3 rings (SSSR count). The molecule has 1 aliphatic heterocycles. The SMILES string of the molecule is Cc1ccc(-n2nc(C(=O)N3CCOCC3)c(=N)s2)cc1. The van der Waals surface area contributed by atoms with E-state index in [-0.39, 0.29) is 16.3 Å². The van der Waals surface area contributed by atoms with Crippen LogP contribution in [0.4, 0.5) is 0 Å². The average Bonchev–Trinajstić information content (AvgIpc) is 2.90. The van der Waals surface area contributed by atoms with Crippen LogP contribution in [0.1, 0.15) is 16.1 Å². The minimum atomic E-state index is -0.189. The number of carbonyl (C=O) groups excluding carboxylic acids is 1. The van der Waals surface area contributed by atoms with E-state index in [9.17, 15) is 4.79 Å². The molecule has 0 unspecified atom stereocenters. The number of aromatic nitrogens is 2. The van der Waals surface area contributed by atoms with Gasteiger partial charge in [-0.25, -0.2) is 0 Å². The Kier molecular flexibility index (Phi) is 3.85. The fourth-order valence-corrected chi connectivity index (χ4v) is 2.86. The first-order valence-electron chi connectivity index (χ1n) is 6.74. The first kappa shape index (κ1) is 14.0. The fourth-order valence-electron chi connectivity index (χ4n) is 2.13. The lowest BCUT2D eigenvalue weighted by Gasteiger charge is -2.25. The van der Waals surface area contributed by atoms with Gasteiger partial charge in [-0.1, -0.05) is 17.7 Å². The highest BCUT2D eigenvalue weighted by atomic mass is 32.1. The van der Waals surface area contributed by atoms with Gasteiger partial charge in [-0.3, -0.25) is 10.2 Å². The molecule has 2 heterocycles. The summed E-state index contributed by atoms with van der Waals surface area (Å²) in [6.07, 6.45) is 0. The third kappa shape index (κ3) is 2.88. The van der Waals surface area contributed by atoms with Crippen molar-refractivity contribution in [3.8, 4) is 5.69 Å². The normalized spacial score (nSPS) is 15.2. The van der Waals surface area contributed by atoms with Crippen molar-refractivity contribution in [3.63, 3.8) is 0 Å². The monoisotopic (exact) mass is 304 g/mol. The summed E-state index contributed by atoms with van der Waals surface area (Å²) >= 11 is 1.16. The van der Waals surface area contributed by atoms with Crippen molar-refractivity contribution in [2.75, 3.05) is 26.3 Å². The van der Waals surface area contributed by atoms with Gasteiger partial charge in [0, 0.05) is 13.1 Å². The van der Waals surface area contributed by atoms with E-state index in [0.29, 0.717) is 26.3 Å². The number of nitrogens with zero attached hydrogens (tertiary/aromatic N) is 3. The molecule has 110 valence electrons. The van der Waals surface area contributed by atoms with Crippen molar-refractivity contribution in [1.82, 2.24) is 14.1 Å². The summed E-state index contributed by atoms with van der Waals surface area (Å²) in [6, 6.07) is 7.83. The van der Waals surface area contributed by atoms with Crippen LogP contribution in [-0.2, 0) is 4.74 Å². The van der Waals surface area contributed by atoms with Crippen molar-refractivity contribution in [1.29, 1.82) is 5.41 Å². The van der Waals surface area contributed by atoms with Gasteiger partial charge in [-0.05, 0) is 30.6 Å². The van der Waals surface area contributed by atoms with Crippen molar-refractivity contribution in [3.05, 3.63) is 40.2 Å². The van der Waals surface area contributed by atoms with Crippen LogP contribution in [0.15, 0.2) is 24.3 Å². The van der Waals surface area contributed by atoms with Crippen molar-refractivity contribution in [2.45, 2.75) is 6.92 Å². The second kappa shape index (κ2) is 5.79. The first-order valence-corrected chi connectivity index (χ1v) is 7.52. The van der Waals surface area contributed by atoms with E-state index in [0.717, 1.165) is 22.8 Å². The second-order valence-corrected chi connectivity index (χ2v) is 5.82. The van der Waals surface area contributed by atoms with Crippen LogP contribution in [0.3, 0.4) is 0 Å². The van der Waals surface area contributed by atoms with E-state index in [1.54, 1.807) is 8.97 Å². The Labute approximate surface area is 126 Å². The zero-order chi connectivity index (χ0) is 14.8. The Morgan fingerprint density at radius 2 is 1.95 bits per heavy atom. The lowest BCUT2D eigenvalue weighted by atomic mass is 10.2. The standard InChI is InChI=1S/C14H16N4O2S/c1-10-2-4-11(5-3-10)18-16-12(13(15)21-18)14(19)17-6-8-20-9-7-17/h2-5,15H,6-9H2,1H3. The molecular weight excluding hydrogens is 288 g/mol. The number of nitrogens with one attached hydrogen (secondary N) is 1. The minimum Gasteiger partial charge on any atom is -0.378 e. The molecule has 0 aliphatic carbocycles. The van der Waals surface area contributed by atoms with Gasteiger partial charge < -0.3 is 9.64 Å². The summed E-state index contributed by atoms with van der Waals surface area (Å²) in [5.74, 6) is -0.189. The van der Waals surface area contributed by atoms with Crippen molar-refractivity contribution < 1.29 is 9.53 Å². The molecule has 0 saturated carbocycles. The summed E-state index contributed by atoms with van der Waals surface area (Å²) in [5.41, 5.74) is 2.23. The lowest BCUT2D eigenvalue weighted by Crippen LogP contribution is -2.42. The molecule has 6 nitrogen and oxygen atoms in total. The van der Waals surface area contributed by atoms with Crippen LogP contribution < -0.4 is 4.67 Å². The van der Waals surface area contributed by atoms with Crippen LogP contribution in [0, 0.1) is 12.3 Å². The van der Waals surface area contributed by atoms with Gasteiger partial charge >= 0.3 is 0 Å².